The number of halogens is 9. The first kappa shape index (κ1) is 14.4. The highest BCUT2D eigenvalue weighted by molar-refractivity contribution is 4.97. The highest BCUT2D eigenvalue weighted by Gasteiger charge is 2.74. The van der Waals surface area contributed by atoms with Crippen LogP contribution in [0.5, 0.6) is 0 Å². The van der Waals surface area contributed by atoms with Gasteiger partial charge in [0.25, 0.3) is 0 Å². The lowest BCUT2D eigenvalue weighted by Gasteiger charge is -2.31. The minimum atomic E-state index is -6.43. The van der Waals surface area contributed by atoms with Crippen molar-refractivity contribution in [2.45, 2.75) is 37.3 Å². The average molecular weight is 248 g/mol. The van der Waals surface area contributed by atoms with Crippen LogP contribution in [0.4, 0.5) is 39.5 Å². The smallest absolute Gasteiger partial charge is 0.223 e. The van der Waals surface area contributed by atoms with E-state index >= 15 is 0 Å². The average Bonchev–Trinajstić information content (AvgIpc) is 1.77. The monoisotopic (exact) mass is 248 g/mol. The second-order valence-corrected chi connectivity index (χ2v) is 3.04. The quantitative estimate of drug-likeness (QED) is 0.651. The van der Waals surface area contributed by atoms with E-state index in [0.29, 0.717) is 0 Å². The molecule has 0 amide bonds. The molecule has 9 heteroatoms. The number of rotatable bonds is 2. The summed E-state index contributed by atoms with van der Waals surface area (Å²) < 4.78 is 107. The van der Waals surface area contributed by atoms with Crippen LogP contribution in [-0.2, 0) is 0 Å². The number of hydrogen-bond donors (Lipinski definition) is 0. The summed E-state index contributed by atoms with van der Waals surface area (Å²) in [7, 11) is 0. The summed E-state index contributed by atoms with van der Waals surface area (Å²) in [5.41, 5.74) is -5.89. The molecular formula is C6H5F9. The van der Waals surface area contributed by atoms with Crippen LogP contribution in [0, 0.1) is 0 Å². The molecular weight excluding hydrogens is 243 g/mol. The van der Waals surface area contributed by atoms with Gasteiger partial charge in [0.15, 0.2) is 0 Å². The van der Waals surface area contributed by atoms with Crippen molar-refractivity contribution in [3.05, 3.63) is 0 Å². The van der Waals surface area contributed by atoms with E-state index in [9.17, 15) is 39.5 Å². The maximum atomic E-state index is 12.6. The molecule has 0 radical (unpaired) electrons. The van der Waals surface area contributed by atoms with Crippen LogP contribution >= 0.6 is 0 Å². The molecule has 0 heterocycles. The Labute approximate surface area is 78.1 Å². The van der Waals surface area contributed by atoms with Gasteiger partial charge in [-0.2, -0.15) is 26.3 Å². The minimum absolute atomic E-state index is 0.223. The molecule has 0 bridgehead atoms. The molecule has 0 spiro atoms. The van der Waals surface area contributed by atoms with Crippen molar-refractivity contribution in [3.63, 3.8) is 0 Å². The molecule has 92 valence electrons. The second kappa shape index (κ2) is 3.44. The van der Waals surface area contributed by atoms with Crippen molar-refractivity contribution in [2.75, 3.05) is 0 Å². The Morgan fingerprint density at radius 1 is 0.667 bits per heavy atom. The van der Waals surface area contributed by atoms with Gasteiger partial charge in [-0.05, 0) is 6.92 Å². The standard InChI is InChI=1S/C6H5F9/c1-3(7,8)2-4(9,5(10,11)12)6(13,14)15/h2H2,1H3. The van der Waals surface area contributed by atoms with E-state index in [1.54, 1.807) is 0 Å². The summed E-state index contributed by atoms with van der Waals surface area (Å²) >= 11 is 0. The summed E-state index contributed by atoms with van der Waals surface area (Å²) in [6.07, 6.45) is -15.8. The van der Waals surface area contributed by atoms with E-state index in [0.717, 1.165) is 0 Å². The summed E-state index contributed by atoms with van der Waals surface area (Å²) in [5.74, 6) is -4.42. The third kappa shape index (κ3) is 3.16. The third-order valence-corrected chi connectivity index (χ3v) is 1.45. The van der Waals surface area contributed by atoms with Gasteiger partial charge in [0.2, 0.25) is 5.92 Å². The van der Waals surface area contributed by atoms with Gasteiger partial charge >= 0.3 is 18.0 Å². The van der Waals surface area contributed by atoms with E-state index in [-0.39, 0.29) is 6.92 Å². The van der Waals surface area contributed by atoms with Crippen LogP contribution in [0.3, 0.4) is 0 Å². The Morgan fingerprint density at radius 3 is 1.00 bits per heavy atom. The Bertz CT molecular complexity index is 202. The molecule has 15 heavy (non-hydrogen) atoms. The fraction of sp³-hybridized carbons (Fsp3) is 1.00. The van der Waals surface area contributed by atoms with Crippen LogP contribution in [0.25, 0.3) is 0 Å². The van der Waals surface area contributed by atoms with E-state index in [2.05, 4.69) is 0 Å². The molecule has 0 aliphatic carbocycles. The predicted octanol–water partition coefficient (Wildman–Crippen LogP) is 3.86. The van der Waals surface area contributed by atoms with E-state index in [1.807, 2.05) is 0 Å². The predicted molar refractivity (Wildman–Crippen MR) is 31.2 cm³/mol. The van der Waals surface area contributed by atoms with Crippen molar-refractivity contribution >= 4 is 0 Å². The number of hydrogen-bond acceptors (Lipinski definition) is 0. The van der Waals surface area contributed by atoms with Crippen molar-refractivity contribution in [2.24, 2.45) is 0 Å². The lowest BCUT2D eigenvalue weighted by molar-refractivity contribution is -0.353. The first-order valence-electron chi connectivity index (χ1n) is 3.41. The van der Waals surface area contributed by atoms with Crippen LogP contribution in [0.2, 0.25) is 0 Å². The summed E-state index contributed by atoms with van der Waals surface area (Å²) in [5, 5.41) is 0. The Morgan fingerprint density at radius 2 is 0.933 bits per heavy atom. The molecule has 0 aromatic carbocycles. The van der Waals surface area contributed by atoms with Gasteiger partial charge in [-0.25, -0.2) is 13.2 Å². The lowest BCUT2D eigenvalue weighted by atomic mass is 9.97. The lowest BCUT2D eigenvalue weighted by Crippen LogP contribution is -2.55. The molecule has 0 aromatic heterocycles. The Hall–Kier alpha value is -0.630. The van der Waals surface area contributed by atoms with Crippen molar-refractivity contribution in [3.8, 4) is 0 Å². The largest absolute Gasteiger partial charge is 0.431 e. The zero-order chi connectivity index (χ0) is 12.7. The highest BCUT2D eigenvalue weighted by atomic mass is 19.4. The molecule has 0 N–H and O–H groups in total. The zero-order valence-corrected chi connectivity index (χ0v) is 7.11. The maximum Gasteiger partial charge on any atom is 0.431 e. The topological polar surface area (TPSA) is 0 Å². The molecule has 0 saturated carbocycles. The van der Waals surface area contributed by atoms with Crippen molar-refractivity contribution in [1.82, 2.24) is 0 Å². The van der Waals surface area contributed by atoms with Gasteiger partial charge in [-0.15, -0.1) is 0 Å². The maximum absolute atomic E-state index is 12.6. The van der Waals surface area contributed by atoms with Crippen LogP contribution in [0.15, 0.2) is 0 Å². The molecule has 0 unspecified atom stereocenters. The molecule has 0 rings (SSSR count). The van der Waals surface area contributed by atoms with Gasteiger partial charge < -0.3 is 0 Å². The van der Waals surface area contributed by atoms with Gasteiger partial charge in [-0.1, -0.05) is 0 Å². The molecule has 0 aliphatic heterocycles. The summed E-state index contributed by atoms with van der Waals surface area (Å²) in [6, 6.07) is 0. The Balaban J connectivity index is 5.26. The van der Waals surface area contributed by atoms with E-state index < -0.39 is 30.4 Å². The normalized spacial score (nSPS) is 15.6. The van der Waals surface area contributed by atoms with Gasteiger partial charge in [0, 0.05) is 0 Å². The molecule has 0 atom stereocenters. The van der Waals surface area contributed by atoms with Crippen LogP contribution in [0.1, 0.15) is 13.3 Å². The highest BCUT2D eigenvalue weighted by Crippen LogP contribution is 2.51. The van der Waals surface area contributed by atoms with Crippen LogP contribution in [-0.4, -0.2) is 23.9 Å². The first-order valence-corrected chi connectivity index (χ1v) is 3.41. The SMILES string of the molecule is CC(F)(F)CC(F)(C(F)(F)F)C(F)(F)F. The van der Waals surface area contributed by atoms with Crippen molar-refractivity contribution in [1.29, 1.82) is 0 Å². The van der Waals surface area contributed by atoms with E-state index in [1.165, 1.54) is 0 Å². The molecule has 0 fully saturated rings. The second-order valence-electron chi connectivity index (χ2n) is 3.04. The van der Waals surface area contributed by atoms with Gasteiger partial charge in [0.1, 0.15) is 0 Å². The fourth-order valence-electron chi connectivity index (χ4n) is 0.789. The first-order chi connectivity index (χ1) is 6.21. The molecule has 0 nitrogen and oxygen atoms in total. The fourth-order valence-corrected chi connectivity index (χ4v) is 0.789. The van der Waals surface area contributed by atoms with Crippen molar-refractivity contribution < 1.29 is 39.5 Å². The Kier molecular flexibility index (Phi) is 3.30. The minimum Gasteiger partial charge on any atom is -0.223 e. The summed E-state index contributed by atoms with van der Waals surface area (Å²) in [4.78, 5) is 0. The van der Waals surface area contributed by atoms with E-state index in [4.69, 9.17) is 0 Å². The third-order valence-electron chi connectivity index (χ3n) is 1.45. The molecule has 0 aliphatic rings. The molecule has 0 aromatic rings. The number of alkyl halides is 9. The summed E-state index contributed by atoms with van der Waals surface area (Å²) in [6.45, 7) is -0.223. The van der Waals surface area contributed by atoms with Gasteiger partial charge in [-0.3, -0.25) is 0 Å². The molecule has 0 saturated heterocycles. The van der Waals surface area contributed by atoms with Gasteiger partial charge in [0.05, 0.1) is 6.42 Å². The van der Waals surface area contributed by atoms with Crippen LogP contribution < -0.4 is 0 Å². The zero-order valence-electron chi connectivity index (χ0n) is 7.11.